The molecule has 2 heterocycles. The van der Waals surface area contributed by atoms with Crippen LogP contribution in [0.5, 0.6) is 0 Å². The standard InChI is InChI=1S/C15H10FN3O/c16-12-4-2-1-3-11(12)9-13-15(20)19-14(18-13)10-5-7-17-8-6-10/h1-9H,(H,18,19,20)/b13-9-. The Hall–Kier alpha value is -2.82. The topological polar surface area (TPSA) is 54.4 Å². The van der Waals surface area contributed by atoms with E-state index in [0.29, 0.717) is 11.4 Å². The summed E-state index contributed by atoms with van der Waals surface area (Å²) >= 11 is 0. The number of aromatic nitrogens is 1. The van der Waals surface area contributed by atoms with E-state index in [1.54, 1.807) is 42.7 Å². The van der Waals surface area contributed by atoms with Crippen molar-refractivity contribution in [1.29, 1.82) is 0 Å². The van der Waals surface area contributed by atoms with E-state index in [1.807, 2.05) is 0 Å². The number of hydrogen-bond acceptors (Lipinski definition) is 3. The van der Waals surface area contributed by atoms with Gasteiger partial charge in [-0.3, -0.25) is 9.78 Å². The molecule has 1 aliphatic heterocycles. The first-order valence-corrected chi connectivity index (χ1v) is 6.01. The zero-order chi connectivity index (χ0) is 13.9. The molecule has 3 rings (SSSR count). The van der Waals surface area contributed by atoms with Gasteiger partial charge in [0.15, 0.2) is 0 Å². The minimum atomic E-state index is -0.389. The summed E-state index contributed by atoms with van der Waals surface area (Å²) < 4.78 is 13.6. The first-order chi connectivity index (χ1) is 9.74. The molecule has 1 aromatic carbocycles. The Balaban J connectivity index is 1.97. The quantitative estimate of drug-likeness (QED) is 0.847. The first kappa shape index (κ1) is 12.2. The fraction of sp³-hybridized carbons (Fsp3) is 0. The van der Waals surface area contributed by atoms with E-state index in [9.17, 15) is 9.18 Å². The minimum absolute atomic E-state index is 0.182. The Morgan fingerprint density at radius 1 is 1.10 bits per heavy atom. The molecular formula is C15H10FN3O. The predicted octanol–water partition coefficient (Wildman–Crippen LogP) is 2.14. The number of hydrogen-bond donors (Lipinski definition) is 1. The fourth-order valence-electron chi connectivity index (χ4n) is 1.85. The SMILES string of the molecule is O=C1NC(c2ccncc2)=N/C1=C\c1ccccc1F. The summed E-state index contributed by atoms with van der Waals surface area (Å²) in [6.07, 6.45) is 4.66. The molecule has 2 aromatic rings. The van der Waals surface area contributed by atoms with Gasteiger partial charge in [0.1, 0.15) is 17.3 Å². The Morgan fingerprint density at radius 2 is 1.85 bits per heavy atom. The second-order valence-electron chi connectivity index (χ2n) is 4.20. The van der Waals surface area contributed by atoms with Gasteiger partial charge in [0.2, 0.25) is 0 Å². The van der Waals surface area contributed by atoms with Gasteiger partial charge in [-0.25, -0.2) is 9.38 Å². The Bertz CT molecular complexity index is 723. The van der Waals surface area contributed by atoms with Crippen LogP contribution < -0.4 is 5.32 Å². The molecule has 0 saturated heterocycles. The van der Waals surface area contributed by atoms with Crippen LogP contribution in [0, 0.1) is 5.82 Å². The number of amides is 1. The number of nitrogens with zero attached hydrogens (tertiary/aromatic N) is 2. The molecule has 20 heavy (non-hydrogen) atoms. The van der Waals surface area contributed by atoms with Gasteiger partial charge >= 0.3 is 0 Å². The van der Waals surface area contributed by atoms with Crippen LogP contribution >= 0.6 is 0 Å². The van der Waals surface area contributed by atoms with E-state index in [2.05, 4.69) is 15.3 Å². The van der Waals surface area contributed by atoms with Crippen LogP contribution in [0.2, 0.25) is 0 Å². The number of amidine groups is 1. The summed E-state index contributed by atoms with van der Waals surface area (Å²) in [5.41, 5.74) is 1.27. The van der Waals surface area contributed by atoms with E-state index in [0.717, 1.165) is 5.56 Å². The summed E-state index contributed by atoms with van der Waals surface area (Å²) in [6, 6.07) is 9.71. The lowest BCUT2D eigenvalue weighted by atomic mass is 10.2. The highest BCUT2D eigenvalue weighted by Gasteiger charge is 2.21. The third-order valence-corrected chi connectivity index (χ3v) is 2.85. The van der Waals surface area contributed by atoms with Crippen LogP contribution in [0.15, 0.2) is 59.5 Å². The molecule has 0 atom stereocenters. The van der Waals surface area contributed by atoms with Crippen molar-refractivity contribution in [3.63, 3.8) is 0 Å². The second-order valence-corrected chi connectivity index (χ2v) is 4.20. The summed E-state index contributed by atoms with van der Waals surface area (Å²) in [4.78, 5) is 19.9. The molecule has 5 heteroatoms. The number of aliphatic imine (C=N–C) groups is 1. The average molecular weight is 267 g/mol. The van der Waals surface area contributed by atoms with E-state index in [1.165, 1.54) is 12.1 Å². The Morgan fingerprint density at radius 3 is 2.60 bits per heavy atom. The monoisotopic (exact) mass is 267 g/mol. The third kappa shape index (κ3) is 2.33. The number of halogens is 1. The van der Waals surface area contributed by atoms with Crippen molar-refractivity contribution < 1.29 is 9.18 Å². The number of nitrogens with one attached hydrogen (secondary N) is 1. The van der Waals surface area contributed by atoms with E-state index in [-0.39, 0.29) is 17.4 Å². The van der Waals surface area contributed by atoms with Crippen LogP contribution in [0.25, 0.3) is 6.08 Å². The second kappa shape index (κ2) is 5.05. The summed E-state index contributed by atoms with van der Waals surface area (Å²) in [5.74, 6) is -0.291. The maximum absolute atomic E-state index is 13.6. The molecule has 1 aliphatic rings. The third-order valence-electron chi connectivity index (χ3n) is 2.85. The highest BCUT2D eigenvalue weighted by atomic mass is 19.1. The van der Waals surface area contributed by atoms with Crippen LogP contribution in [0.4, 0.5) is 4.39 Å². The summed E-state index contributed by atoms with van der Waals surface area (Å²) in [7, 11) is 0. The lowest BCUT2D eigenvalue weighted by molar-refractivity contribution is -0.115. The zero-order valence-corrected chi connectivity index (χ0v) is 10.4. The molecule has 1 N–H and O–H groups in total. The van der Waals surface area contributed by atoms with Gasteiger partial charge in [0, 0.05) is 23.5 Å². The smallest absolute Gasteiger partial charge is 0.275 e. The van der Waals surface area contributed by atoms with Crippen LogP contribution in [0.1, 0.15) is 11.1 Å². The molecule has 0 radical (unpaired) electrons. The zero-order valence-electron chi connectivity index (χ0n) is 10.4. The van der Waals surface area contributed by atoms with Gasteiger partial charge in [-0.2, -0.15) is 0 Å². The number of carbonyl (C=O) groups is 1. The van der Waals surface area contributed by atoms with Gasteiger partial charge < -0.3 is 5.32 Å². The predicted molar refractivity (Wildman–Crippen MR) is 73.3 cm³/mol. The molecule has 0 spiro atoms. The van der Waals surface area contributed by atoms with Gasteiger partial charge in [-0.05, 0) is 24.3 Å². The minimum Gasteiger partial charge on any atom is -0.305 e. The lowest BCUT2D eigenvalue weighted by Gasteiger charge is -1.97. The molecule has 0 unspecified atom stereocenters. The van der Waals surface area contributed by atoms with Crippen LogP contribution in [-0.4, -0.2) is 16.7 Å². The van der Waals surface area contributed by atoms with Crippen molar-refractivity contribution in [2.45, 2.75) is 0 Å². The van der Waals surface area contributed by atoms with Crippen molar-refractivity contribution in [3.8, 4) is 0 Å². The molecule has 0 fully saturated rings. The Labute approximate surface area is 114 Å². The van der Waals surface area contributed by atoms with E-state index >= 15 is 0 Å². The lowest BCUT2D eigenvalue weighted by Crippen LogP contribution is -2.24. The molecule has 1 aromatic heterocycles. The number of rotatable bonds is 2. The largest absolute Gasteiger partial charge is 0.305 e. The van der Waals surface area contributed by atoms with Gasteiger partial charge in [0.25, 0.3) is 5.91 Å². The van der Waals surface area contributed by atoms with Crippen LogP contribution in [0.3, 0.4) is 0 Å². The van der Waals surface area contributed by atoms with Crippen molar-refractivity contribution in [1.82, 2.24) is 10.3 Å². The van der Waals surface area contributed by atoms with Crippen LogP contribution in [-0.2, 0) is 4.79 Å². The molecule has 0 aliphatic carbocycles. The van der Waals surface area contributed by atoms with Gasteiger partial charge in [-0.1, -0.05) is 18.2 Å². The van der Waals surface area contributed by atoms with Crippen molar-refractivity contribution in [2.24, 2.45) is 4.99 Å². The average Bonchev–Trinajstić information content (AvgIpc) is 2.84. The van der Waals surface area contributed by atoms with Crippen molar-refractivity contribution in [3.05, 3.63) is 71.4 Å². The normalized spacial score (nSPS) is 16.1. The summed E-state index contributed by atoms with van der Waals surface area (Å²) in [5, 5.41) is 2.65. The van der Waals surface area contributed by atoms with Crippen molar-refractivity contribution >= 4 is 17.8 Å². The first-order valence-electron chi connectivity index (χ1n) is 6.01. The molecule has 0 saturated carbocycles. The van der Waals surface area contributed by atoms with Gasteiger partial charge in [-0.15, -0.1) is 0 Å². The molecular weight excluding hydrogens is 257 g/mol. The Kier molecular flexibility index (Phi) is 3.09. The molecule has 98 valence electrons. The molecule has 0 bridgehead atoms. The summed E-state index contributed by atoms with van der Waals surface area (Å²) in [6.45, 7) is 0. The number of benzene rings is 1. The number of pyridine rings is 1. The van der Waals surface area contributed by atoms with Gasteiger partial charge in [0.05, 0.1) is 0 Å². The van der Waals surface area contributed by atoms with E-state index in [4.69, 9.17) is 0 Å². The maximum atomic E-state index is 13.6. The molecule has 1 amide bonds. The number of carbonyl (C=O) groups excluding carboxylic acids is 1. The fourth-order valence-corrected chi connectivity index (χ4v) is 1.85. The molecule has 4 nitrogen and oxygen atoms in total. The van der Waals surface area contributed by atoms with Crippen molar-refractivity contribution in [2.75, 3.05) is 0 Å². The maximum Gasteiger partial charge on any atom is 0.275 e. The highest BCUT2D eigenvalue weighted by Crippen LogP contribution is 2.16. The van der Waals surface area contributed by atoms with E-state index < -0.39 is 0 Å². The highest BCUT2D eigenvalue weighted by molar-refractivity contribution is 6.19.